The van der Waals surface area contributed by atoms with E-state index in [0.29, 0.717) is 18.4 Å². The van der Waals surface area contributed by atoms with Crippen molar-refractivity contribution in [1.82, 2.24) is 14.7 Å². The second-order valence-electron chi connectivity index (χ2n) is 7.39. The number of nitrogens with zero attached hydrogens (tertiary/aromatic N) is 3. The van der Waals surface area contributed by atoms with Gasteiger partial charge in [-0.1, -0.05) is 30.3 Å². The molecular formula is C20H31Cl2N5O. The van der Waals surface area contributed by atoms with Gasteiger partial charge < -0.3 is 11.1 Å². The maximum Gasteiger partial charge on any atom is 0.242 e. The van der Waals surface area contributed by atoms with Gasteiger partial charge in [-0.2, -0.15) is 5.10 Å². The number of likely N-dealkylation sites (tertiary alicyclic amines) is 1. The van der Waals surface area contributed by atoms with Crippen LogP contribution in [0.1, 0.15) is 38.3 Å². The van der Waals surface area contributed by atoms with E-state index in [1.54, 1.807) is 6.20 Å². The largest absolute Gasteiger partial charge is 0.330 e. The SMILES string of the molecule is CC(C(=O)Nc1ccnn1C(C)C)N1C[C@@H](CN)[C@H](c2ccccc2)C1.Cl.Cl. The van der Waals surface area contributed by atoms with Crippen molar-refractivity contribution in [3.8, 4) is 0 Å². The highest BCUT2D eigenvalue weighted by Crippen LogP contribution is 2.33. The molecule has 3 atom stereocenters. The monoisotopic (exact) mass is 427 g/mol. The summed E-state index contributed by atoms with van der Waals surface area (Å²) in [6.07, 6.45) is 1.71. The molecule has 1 aromatic carbocycles. The highest BCUT2D eigenvalue weighted by Gasteiger charge is 2.37. The first-order chi connectivity index (χ1) is 12.5. The van der Waals surface area contributed by atoms with Crippen LogP contribution in [0.5, 0.6) is 0 Å². The predicted molar refractivity (Wildman–Crippen MR) is 119 cm³/mol. The molecule has 0 radical (unpaired) electrons. The zero-order valence-electron chi connectivity index (χ0n) is 16.6. The fraction of sp³-hybridized carbons (Fsp3) is 0.500. The van der Waals surface area contributed by atoms with Gasteiger partial charge in [0, 0.05) is 31.1 Å². The quantitative estimate of drug-likeness (QED) is 0.740. The van der Waals surface area contributed by atoms with Crippen molar-refractivity contribution in [2.45, 2.75) is 38.8 Å². The Morgan fingerprint density at radius 2 is 1.86 bits per heavy atom. The Bertz CT molecular complexity index is 737. The fourth-order valence-corrected chi connectivity index (χ4v) is 3.76. The molecule has 1 saturated heterocycles. The number of anilines is 1. The van der Waals surface area contributed by atoms with E-state index in [1.807, 2.05) is 37.6 Å². The number of carbonyl (C=O) groups excluding carboxylic acids is 1. The van der Waals surface area contributed by atoms with Gasteiger partial charge in [-0.25, -0.2) is 4.68 Å². The first kappa shape index (κ1) is 24.4. The minimum Gasteiger partial charge on any atom is -0.330 e. The molecule has 1 aliphatic rings. The van der Waals surface area contributed by atoms with E-state index in [-0.39, 0.29) is 42.8 Å². The molecule has 1 unspecified atom stereocenters. The van der Waals surface area contributed by atoms with Crippen molar-refractivity contribution >= 4 is 36.5 Å². The van der Waals surface area contributed by atoms with Gasteiger partial charge in [-0.15, -0.1) is 24.8 Å². The summed E-state index contributed by atoms with van der Waals surface area (Å²) in [5, 5.41) is 7.30. The van der Waals surface area contributed by atoms with Gasteiger partial charge in [0.05, 0.1) is 12.2 Å². The summed E-state index contributed by atoms with van der Waals surface area (Å²) in [4.78, 5) is 15.0. The number of hydrogen-bond donors (Lipinski definition) is 2. The normalized spacial score (nSPS) is 20.3. The van der Waals surface area contributed by atoms with E-state index < -0.39 is 0 Å². The average molecular weight is 428 g/mol. The Hall–Kier alpha value is -1.60. The van der Waals surface area contributed by atoms with Gasteiger partial charge in [0.1, 0.15) is 5.82 Å². The molecule has 0 saturated carbocycles. The highest BCUT2D eigenvalue weighted by molar-refractivity contribution is 5.93. The molecule has 0 spiro atoms. The van der Waals surface area contributed by atoms with Crippen LogP contribution in [-0.2, 0) is 4.79 Å². The van der Waals surface area contributed by atoms with Crippen LogP contribution in [0.4, 0.5) is 5.82 Å². The van der Waals surface area contributed by atoms with Gasteiger partial charge in [0.25, 0.3) is 0 Å². The molecule has 8 heteroatoms. The maximum atomic E-state index is 12.8. The molecule has 6 nitrogen and oxygen atoms in total. The number of rotatable bonds is 6. The van der Waals surface area contributed by atoms with E-state index in [2.05, 4.69) is 39.6 Å². The topological polar surface area (TPSA) is 76.2 Å². The molecule has 3 rings (SSSR count). The number of halogens is 2. The lowest BCUT2D eigenvalue weighted by molar-refractivity contribution is -0.120. The minimum absolute atomic E-state index is 0. The zero-order valence-corrected chi connectivity index (χ0v) is 18.2. The fourth-order valence-electron chi connectivity index (χ4n) is 3.76. The van der Waals surface area contributed by atoms with Gasteiger partial charge in [-0.3, -0.25) is 9.69 Å². The summed E-state index contributed by atoms with van der Waals surface area (Å²) in [6.45, 7) is 8.38. The smallest absolute Gasteiger partial charge is 0.242 e. The second kappa shape index (κ2) is 10.8. The van der Waals surface area contributed by atoms with Crippen LogP contribution >= 0.6 is 24.8 Å². The molecule has 1 amide bonds. The lowest BCUT2D eigenvalue weighted by atomic mass is 9.89. The number of nitrogens with two attached hydrogens (primary N) is 1. The molecule has 1 fully saturated rings. The summed E-state index contributed by atoms with van der Waals surface area (Å²) in [7, 11) is 0. The Labute approximate surface area is 179 Å². The maximum absolute atomic E-state index is 12.8. The molecule has 3 N–H and O–H groups in total. The first-order valence-electron chi connectivity index (χ1n) is 9.34. The van der Waals surface area contributed by atoms with E-state index in [1.165, 1.54) is 5.56 Å². The van der Waals surface area contributed by atoms with E-state index in [4.69, 9.17) is 5.73 Å². The number of amides is 1. The summed E-state index contributed by atoms with van der Waals surface area (Å²) in [6, 6.07) is 12.3. The third kappa shape index (κ3) is 5.26. The van der Waals surface area contributed by atoms with Crippen molar-refractivity contribution in [2.24, 2.45) is 11.7 Å². The average Bonchev–Trinajstić information content (AvgIpc) is 3.28. The van der Waals surface area contributed by atoms with Crippen molar-refractivity contribution < 1.29 is 4.79 Å². The molecule has 2 heterocycles. The highest BCUT2D eigenvalue weighted by atomic mass is 35.5. The minimum atomic E-state index is -0.215. The van der Waals surface area contributed by atoms with Crippen molar-refractivity contribution in [1.29, 1.82) is 0 Å². The summed E-state index contributed by atoms with van der Waals surface area (Å²) >= 11 is 0. The number of carbonyl (C=O) groups is 1. The Morgan fingerprint density at radius 1 is 1.18 bits per heavy atom. The van der Waals surface area contributed by atoms with Crippen LogP contribution in [0, 0.1) is 5.92 Å². The van der Waals surface area contributed by atoms with Crippen LogP contribution in [-0.4, -0.2) is 46.3 Å². The van der Waals surface area contributed by atoms with Gasteiger partial charge in [-0.05, 0) is 38.8 Å². The summed E-state index contributed by atoms with van der Waals surface area (Å²) < 4.78 is 1.82. The number of hydrogen-bond acceptors (Lipinski definition) is 4. The number of aromatic nitrogens is 2. The third-order valence-electron chi connectivity index (χ3n) is 5.34. The van der Waals surface area contributed by atoms with Crippen LogP contribution < -0.4 is 11.1 Å². The molecule has 1 aliphatic heterocycles. The van der Waals surface area contributed by atoms with E-state index in [9.17, 15) is 4.79 Å². The lowest BCUT2D eigenvalue weighted by Gasteiger charge is -2.24. The van der Waals surface area contributed by atoms with Crippen molar-refractivity contribution in [3.63, 3.8) is 0 Å². The molecule has 156 valence electrons. The molecule has 0 bridgehead atoms. The lowest BCUT2D eigenvalue weighted by Crippen LogP contribution is -2.41. The van der Waals surface area contributed by atoms with Gasteiger partial charge in [0.15, 0.2) is 0 Å². The van der Waals surface area contributed by atoms with Crippen molar-refractivity contribution in [2.75, 3.05) is 25.0 Å². The van der Waals surface area contributed by atoms with Gasteiger partial charge >= 0.3 is 0 Å². The van der Waals surface area contributed by atoms with E-state index >= 15 is 0 Å². The van der Waals surface area contributed by atoms with Crippen LogP contribution in [0.25, 0.3) is 0 Å². The van der Waals surface area contributed by atoms with Crippen molar-refractivity contribution in [3.05, 3.63) is 48.2 Å². The van der Waals surface area contributed by atoms with Gasteiger partial charge in [0.2, 0.25) is 5.91 Å². The predicted octanol–water partition coefficient (Wildman–Crippen LogP) is 3.31. The molecule has 2 aromatic rings. The van der Waals surface area contributed by atoms with Crippen LogP contribution in [0.15, 0.2) is 42.6 Å². The molecule has 1 aromatic heterocycles. The Balaban J connectivity index is 0.00000196. The summed E-state index contributed by atoms with van der Waals surface area (Å²) in [5.41, 5.74) is 7.33. The first-order valence-corrected chi connectivity index (χ1v) is 9.34. The molecule has 0 aliphatic carbocycles. The molecular weight excluding hydrogens is 397 g/mol. The van der Waals surface area contributed by atoms with Crippen LogP contribution in [0.2, 0.25) is 0 Å². The Kier molecular flexibility index (Phi) is 9.44. The molecule has 28 heavy (non-hydrogen) atoms. The number of nitrogens with one attached hydrogen (secondary N) is 1. The van der Waals surface area contributed by atoms with Crippen LogP contribution in [0.3, 0.4) is 0 Å². The zero-order chi connectivity index (χ0) is 18.7. The van der Waals surface area contributed by atoms with E-state index in [0.717, 1.165) is 18.9 Å². The second-order valence-corrected chi connectivity index (χ2v) is 7.39. The summed E-state index contributed by atoms with van der Waals surface area (Å²) in [5.74, 6) is 1.48. The third-order valence-corrected chi connectivity index (χ3v) is 5.34. The standard InChI is InChI=1S/C20H29N5O.2ClH/c1-14(2)25-19(9-10-22-25)23-20(26)15(3)24-12-17(11-21)18(13-24)16-7-5-4-6-8-16;;/h4-10,14-15,17-18H,11-13,21H2,1-3H3,(H,23,26);2*1H/t15?,17-,18+;;/m1../s1. The Morgan fingerprint density at radius 3 is 2.46 bits per heavy atom. The number of benzene rings is 1.